The van der Waals surface area contributed by atoms with Gasteiger partial charge in [-0.1, -0.05) is 0 Å². The topological polar surface area (TPSA) is 113 Å². The largest absolute Gasteiger partial charge is 0.416 e. The lowest BCUT2D eigenvalue weighted by Crippen LogP contribution is -2.43. The van der Waals surface area contributed by atoms with Crippen LogP contribution < -0.4 is 15.8 Å². The van der Waals surface area contributed by atoms with Gasteiger partial charge in [-0.3, -0.25) is 19.1 Å². The highest BCUT2D eigenvalue weighted by atomic mass is 19.4. The number of benzene rings is 1. The highest BCUT2D eigenvalue weighted by molar-refractivity contribution is 6.12. The first-order valence-corrected chi connectivity index (χ1v) is 9.09. The van der Waals surface area contributed by atoms with E-state index in [1.54, 1.807) is 6.92 Å². The third-order valence-electron chi connectivity index (χ3n) is 4.77. The number of anilines is 2. The molecule has 0 fully saturated rings. The van der Waals surface area contributed by atoms with Crippen molar-refractivity contribution in [3.63, 3.8) is 0 Å². The van der Waals surface area contributed by atoms with Crippen molar-refractivity contribution in [2.75, 3.05) is 16.8 Å². The van der Waals surface area contributed by atoms with Crippen molar-refractivity contribution < 1.29 is 22.8 Å². The highest BCUT2D eigenvalue weighted by Gasteiger charge is 2.35. The number of alkyl halides is 3. The van der Waals surface area contributed by atoms with Crippen LogP contribution in [0.25, 0.3) is 0 Å². The summed E-state index contributed by atoms with van der Waals surface area (Å²) in [6, 6.07) is 6.32. The van der Waals surface area contributed by atoms with Crippen LogP contribution in [0.4, 0.5) is 24.5 Å². The summed E-state index contributed by atoms with van der Waals surface area (Å²) >= 11 is 0. The molecule has 0 saturated heterocycles. The van der Waals surface area contributed by atoms with Gasteiger partial charge in [-0.05, 0) is 37.3 Å². The fourth-order valence-electron chi connectivity index (χ4n) is 3.26. The van der Waals surface area contributed by atoms with E-state index in [4.69, 9.17) is 0 Å². The van der Waals surface area contributed by atoms with E-state index in [-0.39, 0.29) is 35.3 Å². The summed E-state index contributed by atoms with van der Waals surface area (Å²) in [5.74, 6) is -1.20. The van der Waals surface area contributed by atoms with Gasteiger partial charge in [0.1, 0.15) is 5.69 Å². The minimum atomic E-state index is -4.48. The molecule has 0 radical (unpaired) electrons. The van der Waals surface area contributed by atoms with Gasteiger partial charge in [0.05, 0.1) is 23.5 Å². The van der Waals surface area contributed by atoms with Crippen LogP contribution in [0, 0.1) is 0 Å². The van der Waals surface area contributed by atoms with Crippen molar-refractivity contribution in [1.82, 2.24) is 20.0 Å². The molecule has 0 spiro atoms. The fourth-order valence-corrected chi connectivity index (χ4v) is 3.26. The molecule has 31 heavy (non-hydrogen) atoms. The number of aromatic amines is 1. The van der Waals surface area contributed by atoms with Gasteiger partial charge < -0.3 is 10.2 Å². The third-order valence-corrected chi connectivity index (χ3v) is 4.77. The standard InChI is InChI=1S/C19H15F3N6O3/c1-10-9-27(12-4-2-11(3-5-12)19(20,21)22)18(31)16-14(8-23-28(10)16)24-17(30)13-6-7-15(29)26-25-13/h2-8,10H,9H2,1H3,(H,24,30)(H,26,29)/t10-/m0/s1. The van der Waals surface area contributed by atoms with Crippen molar-refractivity contribution in [2.45, 2.75) is 19.1 Å². The zero-order chi connectivity index (χ0) is 22.3. The Morgan fingerprint density at radius 1 is 1.16 bits per heavy atom. The molecule has 4 rings (SSSR count). The van der Waals surface area contributed by atoms with Crippen LogP contribution in [0.5, 0.6) is 0 Å². The van der Waals surface area contributed by atoms with Gasteiger partial charge in [0, 0.05) is 18.3 Å². The summed E-state index contributed by atoms with van der Waals surface area (Å²) < 4.78 is 39.9. The van der Waals surface area contributed by atoms with Gasteiger partial charge in [-0.15, -0.1) is 0 Å². The number of H-pyrrole nitrogens is 1. The molecule has 1 aromatic carbocycles. The van der Waals surface area contributed by atoms with E-state index in [9.17, 15) is 27.6 Å². The third kappa shape index (κ3) is 3.79. The number of nitrogens with zero attached hydrogens (tertiary/aromatic N) is 4. The fraction of sp³-hybridized carbons (Fsp3) is 0.211. The number of carbonyl (C=O) groups is 2. The number of nitrogens with one attached hydrogen (secondary N) is 2. The minimum Gasteiger partial charge on any atom is -0.317 e. The Bertz CT molecular complexity index is 1200. The van der Waals surface area contributed by atoms with Gasteiger partial charge in [-0.2, -0.15) is 23.4 Å². The quantitative estimate of drug-likeness (QED) is 0.660. The van der Waals surface area contributed by atoms with E-state index in [2.05, 4.69) is 20.6 Å². The maximum atomic E-state index is 13.1. The van der Waals surface area contributed by atoms with Crippen LogP contribution in [0.2, 0.25) is 0 Å². The summed E-state index contributed by atoms with van der Waals surface area (Å²) in [5.41, 5.74) is -0.883. The van der Waals surface area contributed by atoms with Crippen LogP contribution in [0.15, 0.2) is 47.4 Å². The van der Waals surface area contributed by atoms with Crippen molar-refractivity contribution in [3.8, 4) is 0 Å². The Labute approximate surface area is 172 Å². The zero-order valence-corrected chi connectivity index (χ0v) is 16.0. The average Bonchev–Trinajstić information content (AvgIpc) is 3.15. The smallest absolute Gasteiger partial charge is 0.317 e. The second-order valence-electron chi connectivity index (χ2n) is 6.92. The molecule has 1 aliphatic heterocycles. The SMILES string of the molecule is C[C@H]1CN(c2ccc(C(F)(F)F)cc2)C(=O)c2c(NC(=O)c3ccc(=O)[nH]n3)cnn21. The first-order chi connectivity index (χ1) is 14.6. The molecule has 0 bridgehead atoms. The number of rotatable bonds is 3. The first-order valence-electron chi connectivity index (χ1n) is 9.09. The molecule has 3 heterocycles. The maximum absolute atomic E-state index is 13.1. The molecule has 12 heteroatoms. The van der Waals surface area contributed by atoms with Crippen LogP contribution in [-0.2, 0) is 6.18 Å². The van der Waals surface area contributed by atoms with E-state index >= 15 is 0 Å². The molecule has 2 N–H and O–H groups in total. The Morgan fingerprint density at radius 3 is 2.48 bits per heavy atom. The summed E-state index contributed by atoms with van der Waals surface area (Å²) in [5, 5.41) is 12.5. The molecule has 1 atom stereocenters. The van der Waals surface area contributed by atoms with Gasteiger partial charge in [0.15, 0.2) is 5.69 Å². The Kier molecular flexibility index (Phi) is 4.84. The van der Waals surface area contributed by atoms with Crippen LogP contribution in [-0.4, -0.2) is 38.3 Å². The highest BCUT2D eigenvalue weighted by Crippen LogP contribution is 2.33. The van der Waals surface area contributed by atoms with E-state index in [0.29, 0.717) is 0 Å². The molecule has 9 nitrogen and oxygen atoms in total. The maximum Gasteiger partial charge on any atom is 0.416 e. The number of hydrogen-bond acceptors (Lipinski definition) is 5. The lowest BCUT2D eigenvalue weighted by molar-refractivity contribution is -0.137. The van der Waals surface area contributed by atoms with E-state index in [1.807, 2.05) is 0 Å². The number of halogens is 3. The molecule has 1 aliphatic rings. The van der Waals surface area contributed by atoms with Gasteiger partial charge in [-0.25, -0.2) is 5.10 Å². The predicted molar refractivity (Wildman–Crippen MR) is 103 cm³/mol. The van der Waals surface area contributed by atoms with Gasteiger partial charge >= 0.3 is 6.18 Å². The van der Waals surface area contributed by atoms with E-state index in [1.165, 1.54) is 34.0 Å². The van der Waals surface area contributed by atoms with Gasteiger partial charge in [0.25, 0.3) is 17.4 Å². The second-order valence-corrected chi connectivity index (χ2v) is 6.92. The summed E-state index contributed by atoms with van der Waals surface area (Å²) in [6.45, 7) is 1.98. The number of hydrogen-bond donors (Lipinski definition) is 2. The monoisotopic (exact) mass is 432 g/mol. The normalized spacial score (nSPS) is 16.2. The predicted octanol–water partition coefficient (Wildman–Crippen LogP) is 2.46. The molecule has 0 unspecified atom stereocenters. The molecule has 0 aliphatic carbocycles. The number of aromatic nitrogens is 4. The summed E-state index contributed by atoms with van der Waals surface area (Å²) in [4.78, 5) is 38.0. The van der Waals surface area contributed by atoms with Gasteiger partial charge in [0.2, 0.25) is 0 Å². The summed E-state index contributed by atoms with van der Waals surface area (Å²) in [7, 11) is 0. The van der Waals surface area contributed by atoms with Crippen LogP contribution >= 0.6 is 0 Å². The Hall–Kier alpha value is -3.96. The van der Waals surface area contributed by atoms with Crippen LogP contribution in [0.3, 0.4) is 0 Å². The molecule has 2 aromatic heterocycles. The minimum absolute atomic E-state index is 0.0737. The van der Waals surface area contributed by atoms with E-state index < -0.39 is 29.1 Å². The Morgan fingerprint density at radius 2 is 1.87 bits per heavy atom. The van der Waals surface area contributed by atoms with E-state index in [0.717, 1.165) is 18.2 Å². The molecular formula is C19H15F3N6O3. The molecule has 160 valence electrons. The average molecular weight is 432 g/mol. The molecule has 0 saturated carbocycles. The number of amides is 2. The lowest BCUT2D eigenvalue weighted by atomic mass is 10.1. The number of fused-ring (bicyclic) bond motifs is 1. The number of carbonyl (C=O) groups excluding carboxylic acids is 2. The van der Waals surface area contributed by atoms with Crippen LogP contribution in [0.1, 0.15) is 39.5 Å². The summed E-state index contributed by atoms with van der Waals surface area (Å²) in [6.07, 6.45) is -3.17. The lowest BCUT2D eigenvalue weighted by Gasteiger charge is -2.32. The van der Waals surface area contributed by atoms with Crippen molar-refractivity contribution in [1.29, 1.82) is 0 Å². The zero-order valence-electron chi connectivity index (χ0n) is 16.0. The second kappa shape index (κ2) is 7.38. The first kappa shape index (κ1) is 20.3. The molecular weight excluding hydrogens is 417 g/mol. The Balaban J connectivity index is 1.63. The molecule has 3 aromatic rings. The molecule has 2 amide bonds. The van der Waals surface area contributed by atoms with Crippen molar-refractivity contribution in [3.05, 3.63) is 69.9 Å². The van der Waals surface area contributed by atoms with Crippen molar-refractivity contribution in [2.24, 2.45) is 0 Å². The van der Waals surface area contributed by atoms with Crippen molar-refractivity contribution >= 4 is 23.2 Å².